The van der Waals surface area contributed by atoms with Crippen LogP contribution in [0, 0.1) is 38.5 Å². The average molecular weight is 1040 g/mol. The van der Waals surface area contributed by atoms with Crippen LogP contribution in [0.2, 0.25) is 0 Å². The predicted octanol–water partition coefficient (Wildman–Crippen LogP) is 15.5. The summed E-state index contributed by atoms with van der Waals surface area (Å²) < 4.78 is 4.61. The van der Waals surface area contributed by atoms with E-state index in [0.717, 1.165) is 84.7 Å². The number of benzene rings is 6. The van der Waals surface area contributed by atoms with E-state index in [2.05, 4.69) is 174 Å². The van der Waals surface area contributed by atoms with Gasteiger partial charge in [0, 0.05) is 22.0 Å². The number of hydrogen-bond acceptors (Lipinski definition) is 7. The second kappa shape index (κ2) is 25.8. The third kappa shape index (κ3) is 14.2. The van der Waals surface area contributed by atoms with E-state index in [-0.39, 0.29) is 39.4 Å². The van der Waals surface area contributed by atoms with Crippen LogP contribution in [0.1, 0.15) is 184 Å². The molecule has 6 aromatic carbocycles. The number of aliphatic hydroxyl groups is 2. The van der Waals surface area contributed by atoms with Crippen LogP contribution in [0.25, 0.3) is 22.3 Å². The highest BCUT2D eigenvalue weighted by Crippen LogP contribution is 2.43. The van der Waals surface area contributed by atoms with Gasteiger partial charge in [0.2, 0.25) is 0 Å². The Morgan fingerprint density at radius 2 is 0.805 bits per heavy atom. The fourth-order valence-electron chi connectivity index (χ4n) is 11.0. The molecule has 6 rings (SSSR count). The first kappa shape index (κ1) is 61.4. The molecule has 0 amide bonds. The number of carbonyl (C=O) groups is 4. The molecule has 0 aliphatic heterocycles. The molecule has 0 fully saturated rings. The Hall–Kier alpha value is -6.48. The van der Waals surface area contributed by atoms with Gasteiger partial charge in [-0.05, 0) is 180 Å². The van der Waals surface area contributed by atoms with Crippen molar-refractivity contribution in [2.24, 2.45) is 10.8 Å². The molecule has 0 aromatic heterocycles. The van der Waals surface area contributed by atoms with E-state index in [0.29, 0.717) is 5.56 Å². The highest BCUT2D eigenvalue weighted by Gasteiger charge is 2.34. The molecule has 0 saturated heterocycles. The van der Waals surface area contributed by atoms with Crippen molar-refractivity contribution in [3.8, 4) is 22.3 Å². The van der Waals surface area contributed by atoms with Crippen LogP contribution in [0.3, 0.4) is 0 Å². The number of ether oxygens (including phenoxy) is 1. The van der Waals surface area contributed by atoms with Gasteiger partial charge in [0.1, 0.15) is 0 Å². The highest BCUT2D eigenvalue weighted by atomic mass is 16.5. The SMILES string of the molecule is CCC(CC)(c1ccc(CCC(O)C(C)(C)C)c(C)c1)c1ccc(-c2cccc(C(=O)C(=O)O)c2)c(C)c1.CCC(CC)(c1ccc(CCC(O)C(C)(C)C)c(C)c1)c1ccc(-c2cccc(C(=O)C(=O)OC)c2)c(C)c1. The molecule has 2 atom stereocenters. The summed E-state index contributed by atoms with van der Waals surface area (Å²) in [5, 5.41) is 30.1. The molecule has 8 nitrogen and oxygen atoms in total. The summed E-state index contributed by atoms with van der Waals surface area (Å²) >= 11 is 0. The van der Waals surface area contributed by atoms with Crippen LogP contribution < -0.4 is 0 Å². The minimum absolute atomic E-state index is 0.115. The van der Waals surface area contributed by atoms with E-state index in [4.69, 9.17) is 5.11 Å². The summed E-state index contributed by atoms with van der Waals surface area (Å²) in [4.78, 5) is 47.2. The smallest absolute Gasteiger partial charge is 0.379 e. The summed E-state index contributed by atoms with van der Waals surface area (Å²) in [7, 11) is 1.22. The number of aliphatic carboxylic acids is 1. The summed E-state index contributed by atoms with van der Waals surface area (Å²) in [5.41, 5.74) is 16.1. The number of carbonyl (C=O) groups excluding carboxylic acids is 3. The Morgan fingerprint density at radius 3 is 1.10 bits per heavy atom. The lowest BCUT2D eigenvalue weighted by Crippen LogP contribution is -2.27. The van der Waals surface area contributed by atoms with E-state index in [9.17, 15) is 29.4 Å². The molecule has 0 heterocycles. The number of esters is 1. The third-order valence-corrected chi connectivity index (χ3v) is 16.6. The Kier molecular flexibility index (Phi) is 20.5. The number of carboxylic acids is 1. The van der Waals surface area contributed by atoms with Gasteiger partial charge in [-0.25, -0.2) is 9.59 Å². The second-order valence-electron chi connectivity index (χ2n) is 23.4. The molecular formula is C69H86O8. The van der Waals surface area contributed by atoms with Crippen LogP contribution >= 0.6 is 0 Å². The maximum atomic E-state index is 12.3. The summed E-state index contributed by atoms with van der Waals surface area (Å²) in [5.74, 6) is -3.85. The van der Waals surface area contributed by atoms with Gasteiger partial charge in [-0.1, -0.05) is 178 Å². The fraction of sp³-hybridized carbons (Fsp3) is 0.420. The molecule has 6 aromatic rings. The number of carboxylic acid groups (broad SMARTS) is 1. The first-order chi connectivity index (χ1) is 36.2. The zero-order valence-electron chi connectivity index (χ0n) is 48.7. The van der Waals surface area contributed by atoms with E-state index in [1.807, 2.05) is 12.1 Å². The standard InChI is InChI=1S/C35H44O4.C34H42O4/c1-9-35(10-2,28-16-14-25(23(3)20-28)15-19-31(36)34(5,6)7)29-17-18-30(24(4)21-29)26-12-11-13-27(22-26)32(37)33(38)39-8;1-8-34(9-2,27-15-13-24(22(3)19-27)14-18-30(35)33(5,6)7)28-16-17-29(23(4)20-28)25-11-10-12-26(21-25)31(36)32(37)38/h11-14,16-18,20-22,31,36H,9-10,15,19H2,1-8H3;10-13,15-17,19-21,30,35H,8-9,14,18H2,1-7H3,(H,37,38). The number of aryl methyl sites for hydroxylation is 6. The van der Waals surface area contributed by atoms with Crippen molar-refractivity contribution >= 4 is 23.5 Å². The zero-order chi connectivity index (χ0) is 57.2. The maximum Gasteiger partial charge on any atom is 0.379 e. The number of Topliss-reactive ketones (excluding diaryl/α,β-unsaturated/α-hetero) is 2. The van der Waals surface area contributed by atoms with Crippen molar-refractivity contribution in [2.45, 2.75) is 171 Å². The number of ketones is 2. The van der Waals surface area contributed by atoms with Crippen LogP contribution in [0.4, 0.5) is 0 Å². The molecule has 8 heteroatoms. The minimum Gasteiger partial charge on any atom is -0.475 e. The van der Waals surface area contributed by atoms with Crippen molar-refractivity contribution in [2.75, 3.05) is 7.11 Å². The normalized spacial score (nSPS) is 12.8. The van der Waals surface area contributed by atoms with E-state index >= 15 is 0 Å². The van der Waals surface area contributed by atoms with Crippen molar-refractivity contribution in [1.29, 1.82) is 0 Å². The second-order valence-corrected chi connectivity index (χ2v) is 23.4. The Balaban J connectivity index is 0.000000284. The lowest BCUT2D eigenvalue weighted by molar-refractivity contribution is -0.135. The van der Waals surface area contributed by atoms with Gasteiger partial charge in [0.25, 0.3) is 11.6 Å². The lowest BCUT2D eigenvalue weighted by atomic mass is 9.69. The molecule has 410 valence electrons. The van der Waals surface area contributed by atoms with Gasteiger partial charge in [-0.3, -0.25) is 9.59 Å². The van der Waals surface area contributed by atoms with Crippen LogP contribution in [-0.2, 0) is 38.0 Å². The first-order valence-corrected chi connectivity index (χ1v) is 27.6. The monoisotopic (exact) mass is 1040 g/mol. The molecule has 0 aliphatic rings. The molecule has 2 unspecified atom stereocenters. The summed E-state index contributed by atoms with van der Waals surface area (Å²) in [6.45, 7) is 29.9. The molecule has 0 bridgehead atoms. The van der Waals surface area contributed by atoms with Crippen molar-refractivity contribution in [1.82, 2.24) is 0 Å². The predicted molar refractivity (Wildman–Crippen MR) is 314 cm³/mol. The Bertz CT molecular complexity index is 3040. The molecule has 0 aliphatic carbocycles. The van der Waals surface area contributed by atoms with Gasteiger partial charge >= 0.3 is 11.9 Å². The molecule has 0 saturated carbocycles. The Morgan fingerprint density at radius 1 is 0.468 bits per heavy atom. The van der Waals surface area contributed by atoms with E-state index < -0.39 is 23.5 Å². The fourth-order valence-corrected chi connectivity index (χ4v) is 11.0. The van der Waals surface area contributed by atoms with Crippen LogP contribution in [0.5, 0.6) is 0 Å². The van der Waals surface area contributed by atoms with Gasteiger partial charge < -0.3 is 20.1 Å². The van der Waals surface area contributed by atoms with Crippen molar-refractivity contribution < 1.29 is 39.2 Å². The molecular weight excluding hydrogens is 957 g/mol. The first-order valence-electron chi connectivity index (χ1n) is 27.6. The average Bonchev–Trinajstić information content (AvgIpc) is 3.40. The minimum atomic E-state index is -1.45. The summed E-state index contributed by atoms with van der Waals surface area (Å²) in [6.07, 6.45) is 6.38. The van der Waals surface area contributed by atoms with Gasteiger partial charge in [-0.15, -0.1) is 0 Å². The molecule has 0 radical (unpaired) electrons. The number of rotatable bonds is 20. The zero-order valence-corrected chi connectivity index (χ0v) is 48.7. The number of hydrogen-bond donors (Lipinski definition) is 3. The highest BCUT2D eigenvalue weighted by molar-refractivity contribution is 6.41. The van der Waals surface area contributed by atoms with E-state index in [1.54, 1.807) is 36.4 Å². The largest absolute Gasteiger partial charge is 0.475 e. The molecule has 0 spiro atoms. The van der Waals surface area contributed by atoms with Crippen LogP contribution in [-0.4, -0.2) is 58.1 Å². The lowest BCUT2D eigenvalue weighted by Gasteiger charge is -2.34. The van der Waals surface area contributed by atoms with Gasteiger partial charge in [0.05, 0.1) is 19.3 Å². The molecule has 3 N–H and O–H groups in total. The van der Waals surface area contributed by atoms with Gasteiger partial charge in [0.15, 0.2) is 0 Å². The number of methoxy groups -OCH3 is 1. The van der Waals surface area contributed by atoms with Crippen molar-refractivity contribution in [3.63, 3.8) is 0 Å². The Labute approximate surface area is 460 Å². The summed E-state index contributed by atoms with van der Waals surface area (Å²) in [6, 6.07) is 40.7. The van der Waals surface area contributed by atoms with E-state index in [1.165, 1.54) is 51.6 Å². The quantitative estimate of drug-likeness (QED) is 0.0390. The third-order valence-electron chi connectivity index (χ3n) is 16.6. The topological polar surface area (TPSA) is 138 Å². The van der Waals surface area contributed by atoms with Crippen molar-refractivity contribution in [3.05, 3.63) is 188 Å². The molecule has 77 heavy (non-hydrogen) atoms. The van der Waals surface area contributed by atoms with Gasteiger partial charge in [-0.2, -0.15) is 0 Å². The maximum absolute atomic E-state index is 12.3. The van der Waals surface area contributed by atoms with Crippen LogP contribution in [0.15, 0.2) is 121 Å². The number of aliphatic hydroxyl groups excluding tert-OH is 2.